The van der Waals surface area contributed by atoms with Crippen molar-refractivity contribution < 1.29 is 4.79 Å². The first kappa shape index (κ1) is 15.8. The Kier molecular flexibility index (Phi) is 3.68. The van der Waals surface area contributed by atoms with Crippen LogP contribution < -0.4 is 5.32 Å². The summed E-state index contributed by atoms with van der Waals surface area (Å²) >= 11 is 3.50. The zero-order valence-electron chi connectivity index (χ0n) is 14.1. The Morgan fingerprint density at radius 1 is 1.04 bits per heavy atom. The van der Waals surface area contributed by atoms with Crippen LogP contribution in [0.3, 0.4) is 0 Å². The van der Waals surface area contributed by atoms with Gasteiger partial charge in [-0.2, -0.15) is 0 Å². The van der Waals surface area contributed by atoms with E-state index in [1.165, 1.54) is 5.57 Å². The molecule has 0 spiro atoms. The van der Waals surface area contributed by atoms with Crippen molar-refractivity contribution >= 4 is 43.9 Å². The second-order valence-electron chi connectivity index (χ2n) is 6.86. The monoisotopic (exact) mass is 404 g/mol. The summed E-state index contributed by atoms with van der Waals surface area (Å²) in [7, 11) is 0. The molecule has 3 aromatic rings. The number of nitrogens with zero attached hydrogens (tertiary/aromatic N) is 1. The molecule has 128 valence electrons. The quantitative estimate of drug-likeness (QED) is 0.567. The van der Waals surface area contributed by atoms with Crippen molar-refractivity contribution in [3.8, 4) is 0 Å². The molecule has 2 aromatic carbocycles. The molecule has 1 aliphatic heterocycles. The van der Waals surface area contributed by atoms with Crippen LogP contribution in [0.5, 0.6) is 0 Å². The van der Waals surface area contributed by atoms with Crippen molar-refractivity contribution in [1.82, 2.24) is 4.98 Å². The van der Waals surface area contributed by atoms with Gasteiger partial charge in [-0.25, -0.2) is 0 Å². The number of anilines is 1. The molecule has 2 aliphatic rings. The number of benzene rings is 2. The minimum Gasteiger partial charge on any atom is -0.373 e. The zero-order valence-corrected chi connectivity index (χ0v) is 15.7. The molecule has 0 saturated heterocycles. The summed E-state index contributed by atoms with van der Waals surface area (Å²) in [4.78, 5) is 17.4. The number of halogens is 1. The van der Waals surface area contributed by atoms with Crippen LogP contribution in [0.1, 0.15) is 36.4 Å². The standard InChI is InChI=1S/C22H17BrN2O/c23-14-8-6-13(7-9-14)22-21-16(3-1-5-19(21)26)20-15-4-2-12-24-17(15)10-11-18(20)25-22/h2,4,6-12,22,25H,1,3,5H2/t22-/m0/s1. The van der Waals surface area contributed by atoms with Crippen LogP contribution in [0.2, 0.25) is 0 Å². The number of carbonyl (C=O) groups excluding carboxylic acids is 1. The average Bonchev–Trinajstić information content (AvgIpc) is 2.68. The van der Waals surface area contributed by atoms with E-state index in [-0.39, 0.29) is 11.8 Å². The molecule has 0 unspecified atom stereocenters. The van der Waals surface area contributed by atoms with Gasteiger partial charge in [-0.15, -0.1) is 0 Å². The predicted octanol–water partition coefficient (Wildman–Crippen LogP) is 5.67. The highest BCUT2D eigenvalue weighted by Gasteiger charge is 2.34. The summed E-state index contributed by atoms with van der Waals surface area (Å²) in [6, 6.07) is 16.4. The van der Waals surface area contributed by atoms with Gasteiger partial charge in [0.05, 0.1) is 11.6 Å². The maximum Gasteiger partial charge on any atom is 0.161 e. The number of aromatic nitrogens is 1. The first-order valence-corrected chi connectivity index (χ1v) is 9.68. The summed E-state index contributed by atoms with van der Waals surface area (Å²) in [5, 5.41) is 4.75. The van der Waals surface area contributed by atoms with Crippen molar-refractivity contribution in [3.63, 3.8) is 0 Å². The maximum absolute atomic E-state index is 12.9. The maximum atomic E-state index is 12.9. The van der Waals surface area contributed by atoms with E-state index in [1.807, 2.05) is 24.4 Å². The molecule has 26 heavy (non-hydrogen) atoms. The number of nitrogens with one attached hydrogen (secondary N) is 1. The number of rotatable bonds is 1. The van der Waals surface area contributed by atoms with Gasteiger partial charge in [0.25, 0.3) is 0 Å². The fourth-order valence-electron chi connectivity index (χ4n) is 4.19. The molecule has 0 bridgehead atoms. The number of hydrogen-bond acceptors (Lipinski definition) is 3. The molecule has 3 nitrogen and oxygen atoms in total. The smallest absolute Gasteiger partial charge is 0.161 e. The van der Waals surface area contributed by atoms with E-state index < -0.39 is 0 Å². The zero-order chi connectivity index (χ0) is 17.7. The van der Waals surface area contributed by atoms with Gasteiger partial charge in [0.1, 0.15) is 0 Å². The molecule has 0 saturated carbocycles. The first-order valence-electron chi connectivity index (χ1n) is 8.89. The lowest BCUT2D eigenvalue weighted by Gasteiger charge is -2.35. The number of ketones is 1. The van der Waals surface area contributed by atoms with Gasteiger partial charge in [-0.1, -0.05) is 34.1 Å². The molecule has 1 atom stereocenters. The highest BCUT2D eigenvalue weighted by atomic mass is 79.9. The van der Waals surface area contributed by atoms with Crippen LogP contribution in [0.4, 0.5) is 5.69 Å². The van der Waals surface area contributed by atoms with E-state index in [9.17, 15) is 4.79 Å². The molecule has 2 heterocycles. The molecule has 1 aliphatic carbocycles. The van der Waals surface area contributed by atoms with Crippen LogP contribution in [0, 0.1) is 0 Å². The third-order valence-corrected chi connectivity index (χ3v) is 5.86. The number of allylic oxidation sites excluding steroid dienone is 1. The van der Waals surface area contributed by atoms with Crippen molar-refractivity contribution in [3.05, 3.63) is 75.9 Å². The van der Waals surface area contributed by atoms with Crippen LogP contribution in [0.15, 0.2) is 64.8 Å². The molecule has 0 fully saturated rings. The average molecular weight is 405 g/mol. The van der Waals surface area contributed by atoms with E-state index in [0.29, 0.717) is 6.42 Å². The molecule has 4 heteroatoms. The van der Waals surface area contributed by atoms with E-state index in [2.05, 4.69) is 56.6 Å². The largest absolute Gasteiger partial charge is 0.373 e. The lowest BCUT2D eigenvalue weighted by Crippen LogP contribution is -2.27. The molecule has 0 amide bonds. The van der Waals surface area contributed by atoms with Crippen molar-refractivity contribution in [2.24, 2.45) is 0 Å². The molecular weight excluding hydrogens is 388 g/mol. The minimum atomic E-state index is -0.0903. The summed E-state index contributed by atoms with van der Waals surface area (Å²) in [6.07, 6.45) is 4.31. The van der Waals surface area contributed by atoms with Crippen LogP contribution in [0.25, 0.3) is 16.5 Å². The molecule has 1 N–H and O–H groups in total. The summed E-state index contributed by atoms with van der Waals surface area (Å²) in [5.74, 6) is 0.262. The highest BCUT2D eigenvalue weighted by Crippen LogP contribution is 2.47. The third-order valence-electron chi connectivity index (χ3n) is 5.33. The number of Topliss-reactive ketones (excluding diaryl/α,β-unsaturated/α-hetero) is 1. The second-order valence-corrected chi connectivity index (χ2v) is 7.77. The highest BCUT2D eigenvalue weighted by molar-refractivity contribution is 9.10. The predicted molar refractivity (Wildman–Crippen MR) is 108 cm³/mol. The van der Waals surface area contributed by atoms with Gasteiger partial charge < -0.3 is 5.32 Å². The molecule has 5 rings (SSSR count). The Labute approximate surface area is 160 Å². The Morgan fingerprint density at radius 2 is 1.88 bits per heavy atom. The van der Waals surface area contributed by atoms with Gasteiger partial charge in [-0.05, 0) is 54.3 Å². The van der Waals surface area contributed by atoms with Crippen molar-refractivity contribution in [2.45, 2.75) is 25.3 Å². The lowest BCUT2D eigenvalue weighted by molar-refractivity contribution is -0.116. The van der Waals surface area contributed by atoms with Crippen molar-refractivity contribution in [1.29, 1.82) is 0 Å². The normalized spacial score (nSPS) is 19.1. The first-order chi connectivity index (χ1) is 12.7. The summed E-state index contributed by atoms with van der Waals surface area (Å²) in [5.41, 5.74) is 6.47. The fourth-order valence-corrected chi connectivity index (χ4v) is 4.45. The Hall–Kier alpha value is -2.46. The second kappa shape index (κ2) is 6.06. The lowest BCUT2D eigenvalue weighted by atomic mass is 9.77. The number of fused-ring (bicyclic) bond motifs is 4. The number of hydrogen-bond donors (Lipinski definition) is 1. The van der Waals surface area contributed by atoms with Crippen LogP contribution in [-0.4, -0.2) is 10.8 Å². The number of pyridine rings is 1. The molecular formula is C22H17BrN2O. The Bertz CT molecular complexity index is 1070. The van der Waals surface area contributed by atoms with Crippen LogP contribution >= 0.6 is 15.9 Å². The summed E-state index contributed by atoms with van der Waals surface area (Å²) < 4.78 is 1.04. The summed E-state index contributed by atoms with van der Waals surface area (Å²) in [6.45, 7) is 0. The topological polar surface area (TPSA) is 42.0 Å². The Morgan fingerprint density at radius 3 is 2.73 bits per heavy atom. The molecule has 0 radical (unpaired) electrons. The number of carbonyl (C=O) groups is 1. The van der Waals surface area contributed by atoms with E-state index in [1.54, 1.807) is 0 Å². The third kappa shape index (κ3) is 2.40. The van der Waals surface area contributed by atoms with Gasteiger partial charge in [0.2, 0.25) is 0 Å². The Balaban J connectivity index is 1.78. The van der Waals surface area contributed by atoms with Crippen LogP contribution in [-0.2, 0) is 4.79 Å². The SMILES string of the molecule is O=C1CCCC2=C1[C@H](c1ccc(Br)cc1)Nc1ccc3ncccc3c12. The van der Waals surface area contributed by atoms with Gasteiger partial charge in [0, 0.05) is 39.3 Å². The van der Waals surface area contributed by atoms with E-state index in [0.717, 1.165) is 50.6 Å². The minimum absolute atomic E-state index is 0.0903. The van der Waals surface area contributed by atoms with Gasteiger partial charge in [0.15, 0.2) is 5.78 Å². The fraction of sp³-hybridized carbons (Fsp3) is 0.182. The van der Waals surface area contributed by atoms with Gasteiger partial charge in [-0.3, -0.25) is 9.78 Å². The van der Waals surface area contributed by atoms with Crippen molar-refractivity contribution in [2.75, 3.05) is 5.32 Å². The van der Waals surface area contributed by atoms with E-state index in [4.69, 9.17) is 0 Å². The van der Waals surface area contributed by atoms with Gasteiger partial charge >= 0.3 is 0 Å². The van der Waals surface area contributed by atoms with E-state index >= 15 is 0 Å². The molecule has 1 aromatic heterocycles.